The van der Waals surface area contributed by atoms with Crippen molar-refractivity contribution in [3.05, 3.63) is 144 Å². The van der Waals surface area contributed by atoms with Crippen molar-refractivity contribution < 1.29 is 0 Å². The van der Waals surface area contributed by atoms with Crippen LogP contribution in [0.3, 0.4) is 0 Å². The highest BCUT2D eigenvalue weighted by atomic mass is 15.0. The van der Waals surface area contributed by atoms with Gasteiger partial charge in [0.25, 0.3) is 0 Å². The molecule has 0 unspecified atom stereocenters. The van der Waals surface area contributed by atoms with Crippen LogP contribution >= 0.6 is 0 Å². The number of para-hydroxylation sites is 1. The average Bonchev–Trinajstić information content (AvgIpc) is 3.45. The number of hydrogen-bond acceptors (Lipinski definition) is 3. The first-order chi connectivity index (χ1) is 23.7. The van der Waals surface area contributed by atoms with Crippen LogP contribution in [0.2, 0.25) is 0 Å². The Hall–Kier alpha value is -5.40. The fourth-order valence-corrected chi connectivity index (χ4v) is 10.3. The molecule has 1 spiro atoms. The second kappa shape index (κ2) is 10.6. The Bertz CT molecular complexity index is 2240. The molecule has 0 amide bonds. The molecular weight excluding hydrogens is 585 g/mol. The molecule has 1 heterocycles. The summed E-state index contributed by atoms with van der Waals surface area (Å²) >= 11 is 0. The first-order valence-electron chi connectivity index (χ1n) is 17.3. The van der Waals surface area contributed by atoms with Crippen molar-refractivity contribution in [1.82, 2.24) is 15.0 Å². The van der Waals surface area contributed by atoms with Gasteiger partial charge in [0.05, 0.1) is 6.57 Å². The Balaban J connectivity index is 1.15. The van der Waals surface area contributed by atoms with Gasteiger partial charge in [0.1, 0.15) is 0 Å². The molecule has 0 N–H and O–H groups in total. The third-order valence-electron chi connectivity index (χ3n) is 12.0. The van der Waals surface area contributed by atoms with Crippen molar-refractivity contribution in [2.24, 2.45) is 23.7 Å². The summed E-state index contributed by atoms with van der Waals surface area (Å²) in [7, 11) is 0. The summed E-state index contributed by atoms with van der Waals surface area (Å²) in [6.45, 7) is 7.63. The zero-order valence-corrected chi connectivity index (χ0v) is 26.7. The minimum Gasteiger partial charge on any atom is -0.238 e. The zero-order valence-electron chi connectivity index (χ0n) is 26.7. The van der Waals surface area contributed by atoms with Gasteiger partial charge in [-0.3, -0.25) is 0 Å². The van der Waals surface area contributed by atoms with Gasteiger partial charge in [-0.15, -0.1) is 0 Å². The molecule has 0 aliphatic heterocycles. The van der Waals surface area contributed by atoms with Gasteiger partial charge in [0.2, 0.25) is 0 Å². The standard InChI is InChI=1S/C44H34N4/c1-45-39-17-8-6-12-34(39)29-18-20-31(21-19-29)42-46-41(30-10-3-2-4-11-30)47-43(48-42)36-14-9-16-38-40(36)35-13-5-7-15-37(35)44(38)32-23-27-22-28(25-32)26-33(44)24-27/h2-21,27-28,32-33H,22-26H2. The SMILES string of the molecule is [C-]#[N+]c1ccccc1-c1ccc(-c2nc(-c3ccccc3)nc(-c3cccc4c3-c3ccccc3C43C4CC5CC(C4)CC3C5)n2)cc1. The number of hydrogen-bond donors (Lipinski definition) is 0. The van der Waals surface area contributed by atoms with E-state index in [4.69, 9.17) is 21.5 Å². The summed E-state index contributed by atoms with van der Waals surface area (Å²) in [6, 6.07) is 42.4. The quantitative estimate of drug-likeness (QED) is 0.185. The molecule has 11 rings (SSSR count). The lowest BCUT2D eigenvalue weighted by atomic mass is 9.43. The Morgan fingerprint density at radius 2 is 1.02 bits per heavy atom. The van der Waals surface area contributed by atoms with Crippen LogP contribution in [0.25, 0.3) is 61.3 Å². The third kappa shape index (κ3) is 3.97. The molecule has 5 aliphatic carbocycles. The molecule has 0 saturated heterocycles. The van der Waals surface area contributed by atoms with E-state index in [0.717, 1.165) is 39.7 Å². The van der Waals surface area contributed by atoms with Crippen molar-refractivity contribution in [2.75, 3.05) is 0 Å². The minimum atomic E-state index is 0.0882. The fourth-order valence-electron chi connectivity index (χ4n) is 10.3. The molecule has 230 valence electrons. The number of nitrogens with zero attached hydrogens (tertiary/aromatic N) is 4. The topological polar surface area (TPSA) is 43.0 Å². The van der Waals surface area contributed by atoms with Crippen molar-refractivity contribution in [3.8, 4) is 56.4 Å². The van der Waals surface area contributed by atoms with E-state index in [2.05, 4.69) is 83.7 Å². The van der Waals surface area contributed by atoms with Gasteiger partial charge >= 0.3 is 0 Å². The minimum absolute atomic E-state index is 0.0882. The van der Waals surface area contributed by atoms with E-state index in [0.29, 0.717) is 35.0 Å². The first kappa shape index (κ1) is 27.7. The lowest BCUT2D eigenvalue weighted by Crippen LogP contribution is -2.55. The molecule has 48 heavy (non-hydrogen) atoms. The maximum atomic E-state index is 7.63. The molecular formula is C44H34N4. The number of aromatic nitrogens is 3. The van der Waals surface area contributed by atoms with Gasteiger partial charge in [-0.25, -0.2) is 19.8 Å². The maximum absolute atomic E-state index is 7.63. The normalized spacial score (nSPS) is 24.3. The van der Waals surface area contributed by atoms with E-state index >= 15 is 0 Å². The molecule has 4 saturated carbocycles. The van der Waals surface area contributed by atoms with E-state index in [1.165, 1.54) is 54.4 Å². The van der Waals surface area contributed by atoms with Crippen molar-refractivity contribution in [1.29, 1.82) is 0 Å². The van der Waals surface area contributed by atoms with Gasteiger partial charge in [-0.2, -0.15) is 0 Å². The molecule has 0 radical (unpaired) electrons. The summed E-state index contributed by atoms with van der Waals surface area (Å²) < 4.78 is 0. The van der Waals surface area contributed by atoms with Gasteiger partial charge in [0, 0.05) is 22.1 Å². The summed E-state index contributed by atoms with van der Waals surface area (Å²) in [5, 5.41) is 0. The third-order valence-corrected chi connectivity index (χ3v) is 12.0. The summed E-state index contributed by atoms with van der Waals surface area (Å²) in [6.07, 6.45) is 6.87. The number of fused-ring (bicyclic) bond motifs is 3. The molecule has 4 nitrogen and oxygen atoms in total. The fraction of sp³-hybridized carbons (Fsp3) is 0.227. The zero-order chi connectivity index (χ0) is 31.8. The second-order valence-corrected chi connectivity index (χ2v) is 14.3. The summed E-state index contributed by atoms with van der Waals surface area (Å²) in [5.74, 6) is 5.24. The Morgan fingerprint density at radius 1 is 0.479 bits per heavy atom. The van der Waals surface area contributed by atoms with Crippen LogP contribution in [0.15, 0.2) is 121 Å². The van der Waals surface area contributed by atoms with E-state index in [1.807, 2.05) is 42.5 Å². The van der Waals surface area contributed by atoms with Gasteiger partial charge in [-0.1, -0.05) is 121 Å². The van der Waals surface area contributed by atoms with Crippen molar-refractivity contribution in [2.45, 2.75) is 37.5 Å². The van der Waals surface area contributed by atoms with E-state index in [9.17, 15) is 0 Å². The van der Waals surface area contributed by atoms with Crippen LogP contribution < -0.4 is 0 Å². The van der Waals surface area contributed by atoms with Crippen LogP contribution in [-0.4, -0.2) is 15.0 Å². The molecule has 0 atom stereocenters. The highest BCUT2D eigenvalue weighted by Crippen LogP contribution is 2.69. The monoisotopic (exact) mass is 618 g/mol. The first-order valence-corrected chi connectivity index (χ1v) is 17.3. The predicted molar refractivity (Wildman–Crippen MR) is 191 cm³/mol. The van der Waals surface area contributed by atoms with Crippen molar-refractivity contribution >= 4 is 5.69 Å². The van der Waals surface area contributed by atoms with Crippen LogP contribution in [0.5, 0.6) is 0 Å². The predicted octanol–water partition coefficient (Wildman–Crippen LogP) is 10.8. The Morgan fingerprint density at radius 3 is 1.73 bits per heavy atom. The molecule has 6 aromatic rings. The lowest BCUT2D eigenvalue weighted by molar-refractivity contribution is -0.0399. The number of benzene rings is 5. The Labute approximate surface area is 281 Å². The van der Waals surface area contributed by atoms with Crippen LogP contribution in [-0.2, 0) is 5.41 Å². The smallest absolute Gasteiger partial charge is 0.194 e. The highest BCUT2D eigenvalue weighted by molar-refractivity contribution is 5.92. The molecule has 5 aliphatic rings. The largest absolute Gasteiger partial charge is 0.238 e. The van der Waals surface area contributed by atoms with Crippen LogP contribution in [0, 0.1) is 30.2 Å². The van der Waals surface area contributed by atoms with Gasteiger partial charge in [-0.05, 0) is 89.2 Å². The Kier molecular flexibility index (Phi) is 6.09. The second-order valence-electron chi connectivity index (χ2n) is 14.3. The van der Waals surface area contributed by atoms with E-state index in [1.54, 1.807) is 0 Å². The lowest BCUT2D eigenvalue weighted by Gasteiger charge is -2.61. The van der Waals surface area contributed by atoms with Gasteiger partial charge < -0.3 is 0 Å². The van der Waals surface area contributed by atoms with Crippen molar-refractivity contribution in [3.63, 3.8) is 0 Å². The van der Waals surface area contributed by atoms with Crippen LogP contribution in [0.4, 0.5) is 5.69 Å². The highest BCUT2D eigenvalue weighted by Gasteiger charge is 2.61. The molecule has 4 heteroatoms. The van der Waals surface area contributed by atoms with E-state index in [-0.39, 0.29) is 5.41 Å². The average molecular weight is 619 g/mol. The maximum Gasteiger partial charge on any atom is 0.194 e. The van der Waals surface area contributed by atoms with E-state index < -0.39 is 0 Å². The molecule has 1 aromatic heterocycles. The van der Waals surface area contributed by atoms with Gasteiger partial charge in [0.15, 0.2) is 23.2 Å². The number of rotatable bonds is 4. The molecule has 4 fully saturated rings. The molecule has 5 aromatic carbocycles. The molecule has 4 bridgehead atoms. The van der Waals surface area contributed by atoms with Crippen LogP contribution in [0.1, 0.15) is 43.2 Å². The summed E-state index contributed by atoms with van der Waals surface area (Å²) in [4.78, 5) is 19.2. The summed E-state index contributed by atoms with van der Waals surface area (Å²) in [5.41, 5.74) is 11.4.